The highest BCUT2D eigenvalue weighted by atomic mass is 35.5. The van der Waals surface area contributed by atoms with E-state index in [1.807, 2.05) is 0 Å². The minimum Gasteiger partial charge on any atom is -0.378 e. The van der Waals surface area contributed by atoms with Crippen molar-refractivity contribution < 1.29 is 4.92 Å². The van der Waals surface area contributed by atoms with Gasteiger partial charge in [-0.1, -0.05) is 23.8 Å². The number of likely N-dealkylation sites (N-methyl/N-ethyl adjacent to an activating group) is 1. The Kier molecular flexibility index (Phi) is 4.21. The molecule has 0 unspecified atom stereocenters. The summed E-state index contributed by atoms with van der Waals surface area (Å²) in [5.74, 6) is -0.180. The lowest BCUT2D eigenvalue weighted by Gasteiger charge is -2.00. The number of nitrogens with one attached hydrogen (secondary N) is 1. The monoisotopic (exact) mass is 242 g/mol. The Balaban J connectivity index is 3.09. The molecule has 0 aromatic carbocycles. The van der Waals surface area contributed by atoms with Crippen LogP contribution in [0.15, 0.2) is 12.1 Å². The Morgan fingerprint density at radius 2 is 2.44 bits per heavy atom. The number of pyridine rings is 1. The van der Waals surface area contributed by atoms with Crippen LogP contribution in [0.3, 0.4) is 0 Å². The minimum absolute atomic E-state index is 0.149. The second-order valence-electron chi connectivity index (χ2n) is 2.99. The van der Waals surface area contributed by atoms with Crippen molar-refractivity contribution in [1.29, 1.82) is 0 Å². The van der Waals surface area contributed by atoms with E-state index < -0.39 is 4.92 Å². The normalized spacial score (nSPS) is 10.9. The standard InChI is InChI=1S/C9H11ClN4O2/c1-12-4-2-3-6-5-7(14(15)16)9(11)13-8(6)10/h2-3,5,12H,4H2,1H3,(H2,11,13). The largest absolute Gasteiger partial charge is 0.378 e. The smallest absolute Gasteiger partial charge is 0.311 e. The van der Waals surface area contributed by atoms with E-state index in [1.165, 1.54) is 6.07 Å². The number of halogens is 1. The van der Waals surface area contributed by atoms with Crippen LogP contribution in [-0.4, -0.2) is 23.5 Å². The number of nitrogens with two attached hydrogens (primary N) is 1. The molecule has 6 nitrogen and oxygen atoms in total. The van der Waals surface area contributed by atoms with Gasteiger partial charge in [-0.15, -0.1) is 0 Å². The highest BCUT2D eigenvalue weighted by molar-refractivity contribution is 6.31. The minimum atomic E-state index is -0.589. The first-order chi connectivity index (χ1) is 7.56. The maximum absolute atomic E-state index is 10.6. The molecule has 0 atom stereocenters. The summed E-state index contributed by atoms with van der Waals surface area (Å²) in [6.07, 6.45) is 3.43. The van der Waals surface area contributed by atoms with Gasteiger partial charge in [-0.2, -0.15) is 0 Å². The van der Waals surface area contributed by atoms with Crippen LogP contribution >= 0.6 is 11.6 Å². The molecule has 1 heterocycles. The van der Waals surface area contributed by atoms with E-state index in [0.29, 0.717) is 12.1 Å². The molecule has 0 aliphatic rings. The van der Waals surface area contributed by atoms with Gasteiger partial charge in [-0.25, -0.2) is 4.98 Å². The third-order valence-electron chi connectivity index (χ3n) is 1.83. The highest BCUT2D eigenvalue weighted by Gasteiger charge is 2.15. The molecule has 0 radical (unpaired) electrons. The number of nitrogens with zero attached hydrogens (tertiary/aromatic N) is 2. The lowest BCUT2D eigenvalue weighted by molar-refractivity contribution is -0.384. The van der Waals surface area contributed by atoms with Crippen LogP contribution in [-0.2, 0) is 0 Å². The number of hydrogen-bond acceptors (Lipinski definition) is 5. The quantitative estimate of drug-likeness (QED) is 0.474. The Hall–Kier alpha value is -1.66. The average Bonchev–Trinajstić information content (AvgIpc) is 2.21. The number of anilines is 1. The van der Waals surface area contributed by atoms with E-state index in [2.05, 4.69) is 10.3 Å². The summed E-state index contributed by atoms with van der Waals surface area (Å²) in [5, 5.41) is 13.7. The number of nitro groups is 1. The maximum Gasteiger partial charge on any atom is 0.311 e. The van der Waals surface area contributed by atoms with Crippen LogP contribution in [0.4, 0.5) is 11.5 Å². The summed E-state index contributed by atoms with van der Waals surface area (Å²) < 4.78 is 0. The van der Waals surface area contributed by atoms with E-state index in [1.54, 1.807) is 19.2 Å². The van der Waals surface area contributed by atoms with Crippen LogP contribution < -0.4 is 11.1 Å². The number of rotatable bonds is 4. The van der Waals surface area contributed by atoms with E-state index in [9.17, 15) is 10.1 Å². The molecular weight excluding hydrogens is 232 g/mol. The molecule has 86 valence electrons. The number of hydrogen-bond donors (Lipinski definition) is 2. The predicted molar refractivity (Wildman–Crippen MR) is 63.3 cm³/mol. The van der Waals surface area contributed by atoms with Gasteiger partial charge in [0, 0.05) is 18.2 Å². The third-order valence-corrected chi connectivity index (χ3v) is 2.13. The zero-order chi connectivity index (χ0) is 12.1. The first-order valence-corrected chi connectivity index (χ1v) is 4.85. The van der Waals surface area contributed by atoms with Crippen LogP contribution in [0.2, 0.25) is 5.15 Å². The zero-order valence-corrected chi connectivity index (χ0v) is 9.36. The number of nitrogen functional groups attached to an aromatic ring is 1. The fraction of sp³-hybridized carbons (Fsp3) is 0.222. The fourth-order valence-electron chi connectivity index (χ4n) is 1.08. The SMILES string of the molecule is CNCC=Cc1cc([N+](=O)[O-])c(N)nc1Cl. The van der Waals surface area contributed by atoms with Crippen LogP contribution in [0.25, 0.3) is 6.08 Å². The summed E-state index contributed by atoms with van der Waals surface area (Å²) in [5.41, 5.74) is 5.60. The van der Waals surface area contributed by atoms with Crippen LogP contribution in [0, 0.1) is 10.1 Å². The molecule has 16 heavy (non-hydrogen) atoms. The lowest BCUT2D eigenvalue weighted by atomic mass is 10.2. The van der Waals surface area contributed by atoms with E-state index in [0.717, 1.165) is 0 Å². The molecule has 1 rings (SSSR count). The molecule has 0 bridgehead atoms. The molecular formula is C9H11ClN4O2. The van der Waals surface area contributed by atoms with E-state index in [4.69, 9.17) is 17.3 Å². The Labute approximate surface area is 97.3 Å². The molecule has 0 saturated carbocycles. The molecule has 0 spiro atoms. The summed E-state index contributed by atoms with van der Waals surface area (Å²) in [7, 11) is 1.79. The summed E-state index contributed by atoms with van der Waals surface area (Å²) >= 11 is 5.80. The Morgan fingerprint density at radius 3 is 3.00 bits per heavy atom. The van der Waals surface area contributed by atoms with Gasteiger partial charge >= 0.3 is 5.69 Å². The molecule has 0 aliphatic carbocycles. The molecule has 1 aromatic heterocycles. The van der Waals surface area contributed by atoms with Gasteiger partial charge in [-0.05, 0) is 7.05 Å². The Morgan fingerprint density at radius 1 is 1.75 bits per heavy atom. The van der Waals surface area contributed by atoms with Crippen molar-refractivity contribution in [2.75, 3.05) is 19.3 Å². The van der Waals surface area contributed by atoms with E-state index in [-0.39, 0.29) is 16.7 Å². The zero-order valence-electron chi connectivity index (χ0n) is 8.61. The van der Waals surface area contributed by atoms with Crippen molar-refractivity contribution in [1.82, 2.24) is 10.3 Å². The maximum atomic E-state index is 10.6. The molecule has 3 N–H and O–H groups in total. The predicted octanol–water partition coefficient (Wildman–Crippen LogP) is 1.46. The second-order valence-corrected chi connectivity index (χ2v) is 3.35. The fourth-order valence-corrected chi connectivity index (χ4v) is 1.28. The molecule has 7 heteroatoms. The summed E-state index contributed by atoms with van der Waals surface area (Å²) in [6, 6.07) is 1.30. The van der Waals surface area contributed by atoms with E-state index >= 15 is 0 Å². The van der Waals surface area contributed by atoms with Gasteiger partial charge in [0.25, 0.3) is 0 Å². The molecule has 0 amide bonds. The van der Waals surface area contributed by atoms with Crippen molar-refractivity contribution in [2.45, 2.75) is 0 Å². The average molecular weight is 243 g/mol. The lowest BCUT2D eigenvalue weighted by Crippen LogP contribution is -2.04. The Bertz CT molecular complexity index is 434. The molecule has 0 fully saturated rings. The van der Waals surface area contributed by atoms with Gasteiger partial charge in [-0.3, -0.25) is 10.1 Å². The molecule has 0 aliphatic heterocycles. The van der Waals surface area contributed by atoms with Crippen molar-refractivity contribution in [2.24, 2.45) is 0 Å². The molecule has 0 saturated heterocycles. The van der Waals surface area contributed by atoms with Gasteiger partial charge in [0.05, 0.1) is 4.92 Å². The van der Waals surface area contributed by atoms with Crippen molar-refractivity contribution in [3.05, 3.63) is 33.0 Å². The first kappa shape index (κ1) is 12.4. The summed E-state index contributed by atoms with van der Waals surface area (Å²) in [6.45, 7) is 0.633. The van der Waals surface area contributed by atoms with Crippen LogP contribution in [0.5, 0.6) is 0 Å². The summed E-state index contributed by atoms with van der Waals surface area (Å²) in [4.78, 5) is 13.7. The topological polar surface area (TPSA) is 94.1 Å². The molecule has 1 aromatic rings. The second kappa shape index (κ2) is 5.43. The third kappa shape index (κ3) is 2.91. The number of aromatic nitrogens is 1. The highest BCUT2D eigenvalue weighted by Crippen LogP contribution is 2.26. The van der Waals surface area contributed by atoms with Crippen molar-refractivity contribution in [3.63, 3.8) is 0 Å². The van der Waals surface area contributed by atoms with Gasteiger partial charge in [0.15, 0.2) is 0 Å². The van der Waals surface area contributed by atoms with Crippen molar-refractivity contribution >= 4 is 29.2 Å². The van der Waals surface area contributed by atoms with Crippen molar-refractivity contribution in [3.8, 4) is 0 Å². The first-order valence-electron chi connectivity index (χ1n) is 4.47. The van der Waals surface area contributed by atoms with Crippen LogP contribution in [0.1, 0.15) is 5.56 Å². The van der Waals surface area contributed by atoms with Gasteiger partial charge in [0.1, 0.15) is 5.15 Å². The van der Waals surface area contributed by atoms with Gasteiger partial charge < -0.3 is 11.1 Å². The van der Waals surface area contributed by atoms with Gasteiger partial charge in [0.2, 0.25) is 5.82 Å².